The van der Waals surface area contributed by atoms with E-state index in [2.05, 4.69) is 11.9 Å². The van der Waals surface area contributed by atoms with Crippen LogP contribution in [0.15, 0.2) is 4.42 Å². The van der Waals surface area contributed by atoms with Gasteiger partial charge in [-0.05, 0) is 18.8 Å². The van der Waals surface area contributed by atoms with Crippen molar-refractivity contribution in [2.45, 2.75) is 52.9 Å². The van der Waals surface area contributed by atoms with Crippen LogP contribution >= 0.6 is 0 Å². The molecule has 0 aliphatic carbocycles. The highest BCUT2D eigenvalue weighted by molar-refractivity contribution is 5.85. The lowest BCUT2D eigenvalue weighted by Crippen LogP contribution is -2.03. The minimum atomic E-state index is -1.02. The minimum Gasteiger partial charge on any atom is -0.475 e. The van der Waals surface area contributed by atoms with Crippen LogP contribution in [0.2, 0.25) is 0 Å². The topological polar surface area (TPSA) is 63.3 Å². The Morgan fingerprint density at radius 1 is 1.41 bits per heavy atom. The van der Waals surface area contributed by atoms with Gasteiger partial charge < -0.3 is 9.52 Å². The number of rotatable bonds is 6. The first-order valence-electron chi connectivity index (χ1n) is 6.18. The lowest BCUT2D eigenvalue weighted by Gasteiger charge is -2.03. The third-order valence-corrected chi connectivity index (χ3v) is 2.65. The van der Waals surface area contributed by atoms with Gasteiger partial charge >= 0.3 is 5.97 Å². The molecule has 1 atom stereocenters. The summed E-state index contributed by atoms with van der Waals surface area (Å²) in [6.07, 6.45) is 2.64. The highest BCUT2D eigenvalue weighted by atomic mass is 16.4. The number of carbonyl (C=O) groups is 1. The van der Waals surface area contributed by atoms with Gasteiger partial charge in [0.2, 0.25) is 5.76 Å². The molecule has 17 heavy (non-hydrogen) atoms. The second-order valence-corrected chi connectivity index (χ2v) is 4.92. The molecule has 1 N–H and O–H groups in total. The molecule has 0 aromatic carbocycles. The third-order valence-electron chi connectivity index (χ3n) is 2.65. The van der Waals surface area contributed by atoms with E-state index in [9.17, 15) is 4.79 Å². The van der Waals surface area contributed by atoms with Crippen LogP contribution in [0.25, 0.3) is 0 Å². The number of aromatic nitrogens is 1. The van der Waals surface area contributed by atoms with E-state index in [4.69, 9.17) is 9.52 Å². The number of carboxylic acid groups (broad SMARTS) is 1. The summed E-state index contributed by atoms with van der Waals surface area (Å²) in [5.41, 5.74) is 0.574. The minimum absolute atomic E-state index is 0.0108. The summed E-state index contributed by atoms with van der Waals surface area (Å²) in [7, 11) is 0. The van der Waals surface area contributed by atoms with Gasteiger partial charge in [-0.15, -0.1) is 0 Å². The number of hydrogen-bond donors (Lipinski definition) is 1. The Bertz CT molecular complexity index is 382. The number of carboxylic acids is 1. The standard InChI is InChI=1S/C13H21NO3/c1-5-6-9(4)12-14-10(7-8(2)3)11(17-12)13(15)16/h8-9H,5-7H2,1-4H3,(H,15,16). The molecule has 0 spiro atoms. The van der Waals surface area contributed by atoms with E-state index in [1.54, 1.807) is 0 Å². The highest BCUT2D eigenvalue weighted by Crippen LogP contribution is 2.24. The van der Waals surface area contributed by atoms with E-state index in [1.165, 1.54) is 0 Å². The zero-order valence-corrected chi connectivity index (χ0v) is 11.0. The maximum Gasteiger partial charge on any atom is 0.373 e. The van der Waals surface area contributed by atoms with Gasteiger partial charge in [-0.2, -0.15) is 0 Å². The van der Waals surface area contributed by atoms with Crippen molar-refractivity contribution >= 4 is 5.97 Å². The summed E-state index contributed by atoms with van der Waals surface area (Å²) in [4.78, 5) is 15.4. The lowest BCUT2D eigenvalue weighted by atomic mass is 10.1. The first kappa shape index (κ1) is 13.7. The van der Waals surface area contributed by atoms with E-state index < -0.39 is 5.97 Å². The van der Waals surface area contributed by atoms with E-state index in [1.807, 2.05) is 20.8 Å². The maximum atomic E-state index is 11.1. The molecule has 96 valence electrons. The van der Waals surface area contributed by atoms with Gasteiger partial charge in [-0.25, -0.2) is 9.78 Å². The Morgan fingerprint density at radius 3 is 2.53 bits per heavy atom. The average molecular weight is 239 g/mol. The summed E-state index contributed by atoms with van der Waals surface area (Å²) in [6.45, 7) is 8.18. The van der Waals surface area contributed by atoms with E-state index in [-0.39, 0.29) is 11.7 Å². The number of hydrogen-bond acceptors (Lipinski definition) is 3. The molecule has 0 aliphatic heterocycles. The van der Waals surface area contributed by atoms with Crippen molar-refractivity contribution in [1.82, 2.24) is 4.98 Å². The fraction of sp³-hybridized carbons (Fsp3) is 0.692. The number of nitrogens with zero attached hydrogens (tertiary/aromatic N) is 1. The fourth-order valence-electron chi connectivity index (χ4n) is 1.83. The van der Waals surface area contributed by atoms with Crippen LogP contribution in [0.3, 0.4) is 0 Å². The van der Waals surface area contributed by atoms with Gasteiger partial charge in [-0.3, -0.25) is 0 Å². The molecule has 0 bridgehead atoms. The van der Waals surface area contributed by atoms with Crippen molar-refractivity contribution in [3.8, 4) is 0 Å². The quantitative estimate of drug-likeness (QED) is 0.825. The fourth-order valence-corrected chi connectivity index (χ4v) is 1.83. The van der Waals surface area contributed by atoms with Gasteiger partial charge in [0.05, 0.1) is 5.69 Å². The van der Waals surface area contributed by atoms with Crippen molar-refractivity contribution in [3.63, 3.8) is 0 Å². The molecule has 1 aromatic rings. The molecule has 0 saturated carbocycles. The lowest BCUT2D eigenvalue weighted by molar-refractivity contribution is 0.0658. The Hall–Kier alpha value is -1.32. The Labute approximate surface area is 102 Å². The Morgan fingerprint density at radius 2 is 2.06 bits per heavy atom. The molecule has 4 heteroatoms. The van der Waals surface area contributed by atoms with Gasteiger partial charge in [0.15, 0.2) is 5.89 Å². The molecule has 1 unspecified atom stereocenters. The molecule has 1 rings (SSSR count). The monoisotopic (exact) mass is 239 g/mol. The largest absolute Gasteiger partial charge is 0.475 e. The molecule has 4 nitrogen and oxygen atoms in total. The van der Waals surface area contributed by atoms with Crippen molar-refractivity contribution in [2.24, 2.45) is 5.92 Å². The molecule has 0 saturated heterocycles. The second kappa shape index (κ2) is 5.84. The average Bonchev–Trinajstić information content (AvgIpc) is 2.61. The van der Waals surface area contributed by atoms with Crippen LogP contribution in [0.4, 0.5) is 0 Å². The van der Waals surface area contributed by atoms with Gasteiger partial charge in [-0.1, -0.05) is 34.1 Å². The summed E-state index contributed by atoms with van der Waals surface area (Å²) < 4.78 is 5.38. The van der Waals surface area contributed by atoms with Crippen molar-refractivity contribution in [2.75, 3.05) is 0 Å². The molecule has 0 radical (unpaired) electrons. The van der Waals surface area contributed by atoms with Gasteiger partial charge in [0.1, 0.15) is 0 Å². The predicted molar refractivity (Wildman–Crippen MR) is 65.3 cm³/mol. The number of aromatic carboxylic acids is 1. The molecule has 1 heterocycles. The molecular weight excluding hydrogens is 218 g/mol. The van der Waals surface area contributed by atoms with Crippen LogP contribution in [-0.2, 0) is 6.42 Å². The van der Waals surface area contributed by atoms with Crippen molar-refractivity contribution < 1.29 is 14.3 Å². The number of oxazole rings is 1. The summed E-state index contributed by atoms with van der Waals surface area (Å²) >= 11 is 0. The van der Waals surface area contributed by atoms with E-state index >= 15 is 0 Å². The van der Waals surface area contributed by atoms with E-state index in [0.717, 1.165) is 12.8 Å². The van der Waals surface area contributed by atoms with Crippen molar-refractivity contribution in [1.29, 1.82) is 0 Å². The Kier molecular flexibility index (Phi) is 4.73. The third kappa shape index (κ3) is 3.58. The van der Waals surface area contributed by atoms with Crippen LogP contribution < -0.4 is 0 Å². The Balaban J connectivity index is 2.99. The normalized spacial score (nSPS) is 13.0. The summed E-state index contributed by atoms with van der Waals surface area (Å²) in [5, 5.41) is 9.07. The zero-order chi connectivity index (χ0) is 13.0. The molecule has 0 aliphatic rings. The molecule has 0 amide bonds. The second-order valence-electron chi connectivity index (χ2n) is 4.92. The maximum absolute atomic E-state index is 11.1. The van der Waals surface area contributed by atoms with Crippen molar-refractivity contribution in [3.05, 3.63) is 17.3 Å². The first-order chi connectivity index (χ1) is 7.95. The van der Waals surface area contributed by atoms with E-state index in [0.29, 0.717) is 23.9 Å². The smallest absolute Gasteiger partial charge is 0.373 e. The zero-order valence-electron chi connectivity index (χ0n) is 11.0. The SMILES string of the molecule is CCCC(C)c1nc(CC(C)C)c(C(=O)O)o1. The van der Waals surface area contributed by atoms with Gasteiger partial charge in [0.25, 0.3) is 0 Å². The highest BCUT2D eigenvalue weighted by Gasteiger charge is 2.22. The molecular formula is C13H21NO3. The van der Waals surface area contributed by atoms with Crippen LogP contribution in [0, 0.1) is 5.92 Å². The van der Waals surface area contributed by atoms with Gasteiger partial charge in [0, 0.05) is 5.92 Å². The molecule has 0 fully saturated rings. The summed E-state index contributed by atoms with van der Waals surface area (Å²) in [6, 6.07) is 0. The molecule has 1 aromatic heterocycles. The first-order valence-corrected chi connectivity index (χ1v) is 6.18. The van der Waals surface area contributed by atoms with Crippen LogP contribution in [0.1, 0.15) is 68.6 Å². The predicted octanol–water partition coefficient (Wildman–Crippen LogP) is 3.47. The van der Waals surface area contributed by atoms with Crippen LogP contribution in [-0.4, -0.2) is 16.1 Å². The summed E-state index contributed by atoms with van der Waals surface area (Å²) in [5.74, 6) is 0.0891. The van der Waals surface area contributed by atoms with Crippen LogP contribution in [0.5, 0.6) is 0 Å².